The Kier molecular flexibility index (Phi) is 9.24. The first-order valence-electron chi connectivity index (χ1n) is 10.7. The number of halogens is 1. The largest absolute Gasteiger partial charge is 0.397 e. The second kappa shape index (κ2) is 11.6. The van der Waals surface area contributed by atoms with E-state index in [-0.39, 0.29) is 5.71 Å². The average Bonchev–Trinajstić information content (AvgIpc) is 2.80. The minimum Gasteiger partial charge on any atom is -0.397 e. The highest BCUT2D eigenvalue weighted by Crippen LogP contribution is 2.29. The normalized spacial score (nSPS) is 14.5. The predicted molar refractivity (Wildman–Crippen MR) is 136 cm³/mol. The maximum atomic E-state index is 8.76. The number of allylic oxidation sites excluding steroid dienone is 2. The lowest BCUT2D eigenvalue weighted by atomic mass is 9.99. The van der Waals surface area contributed by atoms with Crippen LogP contribution in [0.1, 0.15) is 50.6 Å². The summed E-state index contributed by atoms with van der Waals surface area (Å²) in [6.45, 7) is 12.1. The summed E-state index contributed by atoms with van der Waals surface area (Å²) in [7, 11) is 1.82. The Bertz CT molecular complexity index is 945. The molecule has 31 heavy (non-hydrogen) atoms. The van der Waals surface area contributed by atoms with Crippen LogP contribution in [0.2, 0.25) is 0 Å². The van der Waals surface area contributed by atoms with E-state index in [1.54, 1.807) is 12.3 Å². The molecule has 0 amide bonds. The van der Waals surface area contributed by atoms with Crippen molar-refractivity contribution in [1.29, 1.82) is 5.41 Å². The molecule has 0 atom stereocenters. The van der Waals surface area contributed by atoms with Crippen LogP contribution in [-0.4, -0.2) is 35.8 Å². The molecule has 0 unspecified atom stereocenters. The van der Waals surface area contributed by atoms with Gasteiger partial charge in [0.2, 0.25) is 0 Å². The van der Waals surface area contributed by atoms with E-state index in [0.717, 1.165) is 47.7 Å². The van der Waals surface area contributed by atoms with Crippen LogP contribution in [0.3, 0.4) is 0 Å². The van der Waals surface area contributed by atoms with Crippen LogP contribution in [0, 0.1) is 11.3 Å². The van der Waals surface area contributed by atoms with Crippen molar-refractivity contribution in [2.24, 2.45) is 5.92 Å². The van der Waals surface area contributed by atoms with Crippen molar-refractivity contribution < 1.29 is 0 Å². The van der Waals surface area contributed by atoms with Gasteiger partial charge < -0.3 is 16.0 Å². The third kappa shape index (κ3) is 5.94. The molecule has 0 bridgehead atoms. The van der Waals surface area contributed by atoms with Crippen LogP contribution in [-0.2, 0) is 0 Å². The number of anilines is 2. The Labute approximate surface area is 194 Å². The summed E-state index contributed by atoms with van der Waals surface area (Å²) in [5.74, 6) is 1.63. The van der Waals surface area contributed by atoms with Crippen molar-refractivity contribution in [3.8, 4) is 0 Å². The van der Waals surface area contributed by atoms with Crippen LogP contribution in [0.5, 0.6) is 0 Å². The Hall–Kier alpha value is -2.67. The van der Waals surface area contributed by atoms with Gasteiger partial charge in [-0.25, -0.2) is 4.98 Å². The Morgan fingerprint density at radius 3 is 2.58 bits per heavy atom. The van der Waals surface area contributed by atoms with Crippen molar-refractivity contribution in [3.05, 3.63) is 64.7 Å². The molecule has 3 rings (SSSR count). The number of hydrogen-bond acceptors (Lipinski definition) is 6. The van der Waals surface area contributed by atoms with Gasteiger partial charge in [-0.05, 0) is 52.9 Å². The highest BCUT2D eigenvalue weighted by molar-refractivity contribution is 9.10. The molecule has 0 radical (unpaired) electrons. The zero-order chi connectivity index (χ0) is 23.0. The van der Waals surface area contributed by atoms with Gasteiger partial charge in [-0.2, -0.15) is 0 Å². The lowest BCUT2D eigenvalue weighted by Gasteiger charge is -2.32. The highest BCUT2D eigenvalue weighted by Gasteiger charge is 2.21. The van der Waals surface area contributed by atoms with Crippen molar-refractivity contribution in [1.82, 2.24) is 15.3 Å². The highest BCUT2D eigenvalue weighted by atomic mass is 79.9. The van der Waals surface area contributed by atoms with Gasteiger partial charge in [-0.1, -0.05) is 33.4 Å². The molecule has 7 heteroatoms. The summed E-state index contributed by atoms with van der Waals surface area (Å²) in [4.78, 5) is 11.5. The predicted octanol–water partition coefficient (Wildman–Crippen LogP) is 5.25. The molecule has 1 fully saturated rings. The third-order valence-electron chi connectivity index (χ3n) is 5.19. The minimum atomic E-state index is 0.276. The van der Waals surface area contributed by atoms with E-state index >= 15 is 0 Å². The summed E-state index contributed by atoms with van der Waals surface area (Å²) < 4.78 is 0.942. The van der Waals surface area contributed by atoms with Gasteiger partial charge in [-0.3, -0.25) is 10.4 Å². The van der Waals surface area contributed by atoms with E-state index in [4.69, 9.17) is 16.1 Å². The molecule has 2 aromatic heterocycles. The smallest absolute Gasteiger partial charge is 0.143 e. The van der Waals surface area contributed by atoms with Crippen LogP contribution < -0.4 is 16.0 Å². The number of nitrogens with one attached hydrogen (secondary N) is 2. The van der Waals surface area contributed by atoms with Crippen molar-refractivity contribution in [2.75, 3.05) is 30.8 Å². The molecule has 6 nitrogen and oxygen atoms in total. The molecule has 2 aromatic rings. The van der Waals surface area contributed by atoms with Gasteiger partial charge in [0, 0.05) is 37.5 Å². The van der Waals surface area contributed by atoms with Crippen LogP contribution in [0.4, 0.5) is 11.5 Å². The summed E-state index contributed by atoms with van der Waals surface area (Å²) in [6, 6.07) is 5.62. The van der Waals surface area contributed by atoms with Crippen molar-refractivity contribution in [2.45, 2.75) is 33.6 Å². The number of hydrogen-bond donors (Lipinski definition) is 3. The van der Waals surface area contributed by atoms with E-state index < -0.39 is 0 Å². The zero-order valence-corrected chi connectivity index (χ0v) is 20.5. The lowest BCUT2D eigenvalue weighted by Crippen LogP contribution is -2.34. The maximum absolute atomic E-state index is 8.76. The Morgan fingerprint density at radius 2 is 1.97 bits per heavy atom. The van der Waals surface area contributed by atoms with Gasteiger partial charge in [0.1, 0.15) is 5.82 Å². The summed E-state index contributed by atoms with van der Waals surface area (Å²) in [5, 5.41) is 11.7. The first-order valence-corrected chi connectivity index (χ1v) is 11.5. The fourth-order valence-electron chi connectivity index (χ4n) is 3.38. The van der Waals surface area contributed by atoms with Gasteiger partial charge in [0.05, 0.1) is 33.5 Å². The molecule has 0 aromatic carbocycles. The summed E-state index contributed by atoms with van der Waals surface area (Å²) in [6.07, 6.45) is 7.41. The number of pyridine rings is 2. The zero-order valence-electron chi connectivity index (χ0n) is 18.9. The number of nitrogens with two attached hydrogens (primary N) is 1. The first-order chi connectivity index (χ1) is 14.9. The molecule has 0 aliphatic carbocycles. The molecule has 0 saturated carbocycles. The lowest BCUT2D eigenvalue weighted by molar-refractivity contribution is 0.436. The molecule has 0 spiro atoms. The average molecular weight is 485 g/mol. The Morgan fingerprint density at radius 1 is 1.29 bits per heavy atom. The summed E-state index contributed by atoms with van der Waals surface area (Å²) >= 11 is 3.62. The molecule has 166 valence electrons. The van der Waals surface area contributed by atoms with Gasteiger partial charge in [-0.15, -0.1) is 0 Å². The molecule has 1 aliphatic heterocycles. The maximum Gasteiger partial charge on any atom is 0.143 e. The fourth-order valence-corrected chi connectivity index (χ4v) is 3.86. The van der Waals surface area contributed by atoms with E-state index in [2.05, 4.69) is 44.6 Å². The Balaban J connectivity index is 0.00000166. The number of piperidine rings is 1. The molecular weight excluding hydrogens is 452 g/mol. The van der Waals surface area contributed by atoms with E-state index in [0.29, 0.717) is 22.6 Å². The number of nitrogens with zero attached hydrogens (tertiary/aromatic N) is 3. The van der Waals surface area contributed by atoms with Gasteiger partial charge >= 0.3 is 0 Å². The molecule has 1 aliphatic rings. The van der Waals surface area contributed by atoms with Gasteiger partial charge in [0.25, 0.3) is 0 Å². The van der Waals surface area contributed by atoms with Crippen LogP contribution >= 0.6 is 15.9 Å². The van der Waals surface area contributed by atoms with E-state index in [9.17, 15) is 0 Å². The second-order valence-electron chi connectivity index (χ2n) is 7.30. The summed E-state index contributed by atoms with van der Waals surface area (Å²) in [5.41, 5.74) is 9.60. The SMILES string of the molecule is C=C/C(=C\NC)c1cc(C(=N)c2ccc(Br)c(N3CCC(C)CC3)n2)c(N)cn1.CC. The van der Waals surface area contributed by atoms with Crippen LogP contribution in [0.25, 0.3) is 5.57 Å². The standard InChI is InChI=1S/C22H27BrN6.C2H6/c1-4-15(12-26-3)20-11-16(18(24)13-27-20)21(25)19-6-5-17(23)22(28-19)29-9-7-14(2)8-10-29;1-2/h4-6,11-14,25-26H,1,7-10,24H2,2-3H3;1-2H3/b15-12+,25-21?;. The van der Waals surface area contributed by atoms with E-state index in [1.165, 1.54) is 0 Å². The minimum absolute atomic E-state index is 0.276. The number of nitrogen functional groups attached to an aromatic ring is 1. The second-order valence-corrected chi connectivity index (χ2v) is 8.15. The third-order valence-corrected chi connectivity index (χ3v) is 5.81. The van der Waals surface area contributed by atoms with E-state index in [1.807, 2.05) is 45.3 Å². The number of aromatic nitrogens is 2. The van der Waals surface area contributed by atoms with Crippen molar-refractivity contribution in [3.63, 3.8) is 0 Å². The molecule has 1 saturated heterocycles. The monoisotopic (exact) mass is 484 g/mol. The van der Waals surface area contributed by atoms with Gasteiger partial charge in [0.15, 0.2) is 0 Å². The first kappa shape index (κ1) is 24.6. The topological polar surface area (TPSA) is 90.9 Å². The van der Waals surface area contributed by atoms with Crippen LogP contribution in [0.15, 0.2) is 47.7 Å². The quantitative estimate of drug-likeness (QED) is 0.384. The molecular formula is C24H33BrN6. The van der Waals surface area contributed by atoms with Crippen molar-refractivity contribution >= 4 is 38.7 Å². The fraction of sp³-hybridized carbons (Fsp3) is 0.375. The number of rotatable bonds is 6. The molecule has 4 N–H and O–H groups in total. The molecule has 3 heterocycles.